The summed E-state index contributed by atoms with van der Waals surface area (Å²) >= 11 is 0. The molecule has 1 atom stereocenters. The van der Waals surface area contributed by atoms with E-state index in [1.54, 1.807) is 0 Å². The van der Waals surface area contributed by atoms with Crippen molar-refractivity contribution in [2.24, 2.45) is 4.99 Å². The maximum atomic E-state index is 11.5. The standard InChI is InChI=1S/C17H27N3O3S.HI/c1-3-18-17(20-15-9-12-24(21,22)13-15)19-10-6-11-23-16-8-5-4-7-14(16)2;/h4-5,7-8,15H,3,6,9-13H2,1-2H3,(H2,18,19,20);1H. The Morgan fingerprint density at radius 3 is 2.76 bits per heavy atom. The number of aryl methyl sites for hydroxylation is 1. The van der Waals surface area contributed by atoms with Crippen LogP contribution in [0.4, 0.5) is 0 Å². The molecule has 1 aliphatic rings. The van der Waals surface area contributed by atoms with E-state index in [4.69, 9.17) is 4.74 Å². The Morgan fingerprint density at radius 2 is 2.12 bits per heavy atom. The lowest BCUT2D eigenvalue weighted by Crippen LogP contribution is -2.44. The zero-order valence-electron chi connectivity index (χ0n) is 14.8. The lowest BCUT2D eigenvalue weighted by molar-refractivity contribution is 0.311. The van der Waals surface area contributed by atoms with E-state index in [9.17, 15) is 8.42 Å². The van der Waals surface area contributed by atoms with Crippen LogP contribution in [0.2, 0.25) is 0 Å². The molecule has 0 amide bonds. The van der Waals surface area contributed by atoms with Gasteiger partial charge in [0.1, 0.15) is 5.75 Å². The van der Waals surface area contributed by atoms with Crippen molar-refractivity contribution in [1.29, 1.82) is 0 Å². The molecule has 0 radical (unpaired) electrons. The summed E-state index contributed by atoms with van der Waals surface area (Å²) in [7, 11) is -2.89. The van der Waals surface area contributed by atoms with E-state index < -0.39 is 9.84 Å². The first-order chi connectivity index (χ1) is 11.5. The highest BCUT2D eigenvalue weighted by Crippen LogP contribution is 2.16. The quantitative estimate of drug-likeness (QED) is 0.270. The van der Waals surface area contributed by atoms with Crippen molar-refractivity contribution >= 4 is 39.8 Å². The molecule has 0 saturated carbocycles. The average Bonchev–Trinajstić information content (AvgIpc) is 2.87. The number of hydrogen-bond acceptors (Lipinski definition) is 4. The van der Waals surface area contributed by atoms with Crippen molar-refractivity contribution in [2.75, 3.05) is 31.2 Å². The molecule has 25 heavy (non-hydrogen) atoms. The van der Waals surface area contributed by atoms with Crippen LogP contribution in [0.5, 0.6) is 5.75 Å². The Hall–Kier alpha value is -1.03. The van der Waals surface area contributed by atoms with Crippen LogP contribution in [0.25, 0.3) is 0 Å². The summed E-state index contributed by atoms with van der Waals surface area (Å²) in [4.78, 5) is 4.50. The van der Waals surface area contributed by atoms with Gasteiger partial charge in [-0.3, -0.25) is 4.99 Å². The molecule has 0 spiro atoms. The van der Waals surface area contributed by atoms with Crippen molar-refractivity contribution in [3.8, 4) is 5.75 Å². The van der Waals surface area contributed by atoms with Gasteiger partial charge in [0.2, 0.25) is 0 Å². The van der Waals surface area contributed by atoms with Gasteiger partial charge in [0.05, 0.1) is 18.1 Å². The van der Waals surface area contributed by atoms with Crippen LogP contribution >= 0.6 is 24.0 Å². The van der Waals surface area contributed by atoms with Crippen molar-refractivity contribution in [3.05, 3.63) is 29.8 Å². The molecule has 1 aromatic carbocycles. The highest BCUT2D eigenvalue weighted by Gasteiger charge is 2.28. The number of benzene rings is 1. The number of aliphatic imine (C=N–C) groups is 1. The number of rotatable bonds is 7. The molecule has 2 N–H and O–H groups in total. The molecular formula is C17H28IN3O3S. The number of halogens is 1. The van der Waals surface area contributed by atoms with Gasteiger partial charge in [-0.1, -0.05) is 18.2 Å². The predicted molar refractivity (Wildman–Crippen MR) is 113 cm³/mol. The number of nitrogens with one attached hydrogen (secondary N) is 2. The Morgan fingerprint density at radius 1 is 1.36 bits per heavy atom. The number of guanidine groups is 1. The smallest absolute Gasteiger partial charge is 0.191 e. The maximum absolute atomic E-state index is 11.5. The molecule has 1 aliphatic heterocycles. The molecule has 142 valence electrons. The topological polar surface area (TPSA) is 79.8 Å². The number of para-hydroxylation sites is 1. The van der Waals surface area contributed by atoms with Crippen LogP contribution < -0.4 is 15.4 Å². The molecule has 1 saturated heterocycles. The summed E-state index contributed by atoms with van der Waals surface area (Å²) in [6, 6.07) is 7.89. The molecular weight excluding hydrogens is 453 g/mol. The summed E-state index contributed by atoms with van der Waals surface area (Å²) in [5, 5.41) is 6.37. The Kier molecular flexibility index (Phi) is 9.55. The summed E-state index contributed by atoms with van der Waals surface area (Å²) in [5.41, 5.74) is 1.12. The van der Waals surface area contributed by atoms with Crippen molar-refractivity contribution in [1.82, 2.24) is 10.6 Å². The fourth-order valence-corrected chi connectivity index (χ4v) is 4.25. The predicted octanol–water partition coefficient (Wildman–Crippen LogP) is 2.12. The maximum Gasteiger partial charge on any atom is 0.191 e. The number of hydrogen-bond donors (Lipinski definition) is 2. The van der Waals surface area contributed by atoms with Crippen molar-refractivity contribution in [3.63, 3.8) is 0 Å². The summed E-state index contributed by atoms with van der Waals surface area (Å²) in [6.45, 7) is 5.98. The van der Waals surface area contributed by atoms with Crippen LogP contribution in [0, 0.1) is 6.92 Å². The third-order valence-electron chi connectivity index (χ3n) is 3.84. The second-order valence-corrected chi connectivity index (χ2v) is 8.20. The van der Waals surface area contributed by atoms with Gasteiger partial charge < -0.3 is 15.4 Å². The second-order valence-electron chi connectivity index (χ2n) is 5.97. The van der Waals surface area contributed by atoms with Gasteiger partial charge in [-0.15, -0.1) is 24.0 Å². The van der Waals surface area contributed by atoms with Gasteiger partial charge in [-0.2, -0.15) is 0 Å². The minimum Gasteiger partial charge on any atom is -0.493 e. The largest absolute Gasteiger partial charge is 0.493 e. The molecule has 1 unspecified atom stereocenters. The van der Waals surface area contributed by atoms with Crippen molar-refractivity contribution in [2.45, 2.75) is 32.7 Å². The second kappa shape index (κ2) is 10.8. The minimum absolute atomic E-state index is 0. The first-order valence-electron chi connectivity index (χ1n) is 8.44. The number of sulfone groups is 1. The minimum atomic E-state index is -2.89. The highest BCUT2D eigenvalue weighted by molar-refractivity contribution is 14.0. The normalized spacial score (nSPS) is 19.1. The molecule has 6 nitrogen and oxygen atoms in total. The fourth-order valence-electron chi connectivity index (χ4n) is 2.58. The summed E-state index contributed by atoms with van der Waals surface area (Å²) in [5.74, 6) is 2.03. The molecule has 0 bridgehead atoms. The van der Waals surface area contributed by atoms with E-state index in [1.807, 2.05) is 38.1 Å². The molecule has 1 fully saturated rings. The fraction of sp³-hybridized carbons (Fsp3) is 0.588. The van der Waals surface area contributed by atoms with E-state index in [-0.39, 0.29) is 41.5 Å². The van der Waals surface area contributed by atoms with E-state index in [1.165, 1.54) is 0 Å². The molecule has 0 aromatic heterocycles. The van der Waals surface area contributed by atoms with Gasteiger partial charge in [-0.25, -0.2) is 8.42 Å². The third-order valence-corrected chi connectivity index (χ3v) is 5.61. The summed E-state index contributed by atoms with van der Waals surface area (Å²) in [6.07, 6.45) is 1.44. The number of nitrogens with zero attached hydrogens (tertiary/aromatic N) is 1. The Bertz CT molecular complexity index is 665. The Labute approximate surface area is 167 Å². The lowest BCUT2D eigenvalue weighted by atomic mass is 10.2. The average molecular weight is 481 g/mol. The zero-order valence-corrected chi connectivity index (χ0v) is 18.0. The van der Waals surface area contributed by atoms with Crippen LogP contribution in [0.1, 0.15) is 25.3 Å². The molecule has 1 aromatic rings. The number of ether oxygens (including phenoxy) is 1. The van der Waals surface area contributed by atoms with Crippen LogP contribution in [-0.2, 0) is 9.84 Å². The van der Waals surface area contributed by atoms with Gasteiger partial charge in [0.15, 0.2) is 15.8 Å². The van der Waals surface area contributed by atoms with Crippen molar-refractivity contribution < 1.29 is 13.2 Å². The molecule has 2 rings (SSSR count). The highest BCUT2D eigenvalue weighted by atomic mass is 127. The lowest BCUT2D eigenvalue weighted by Gasteiger charge is -2.15. The monoisotopic (exact) mass is 481 g/mol. The van der Waals surface area contributed by atoms with Gasteiger partial charge in [0, 0.05) is 25.6 Å². The van der Waals surface area contributed by atoms with Gasteiger partial charge >= 0.3 is 0 Å². The van der Waals surface area contributed by atoms with Crippen LogP contribution in [0.3, 0.4) is 0 Å². The van der Waals surface area contributed by atoms with E-state index in [0.29, 0.717) is 25.5 Å². The molecule has 1 heterocycles. The Balaban J connectivity index is 0.00000312. The molecule has 0 aliphatic carbocycles. The van der Waals surface area contributed by atoms with E-state index in [0.717, 1.165) is 24.3 Å². The van der Waals surface area contributed by atoms with Gasteiger partial charge in [0.25, 0.3) is 0 Å². The summed E-state index contributed by atoms with van der Waals surface area (Å²) < 4.78 is 28.8. The van der Waals surface area contributed by atoms with Crippen LogP contribution in [-0.4, -0.2) is 51.6 Å². The van der Waals surface area contributed by atoms with Gasteiger partial charge in [-0.05, 0) is 31.9 Å². The SMILES string of the molecule is CCNC(=NCCCOc1ccccc1C)NC1CCS(=O)(=O)C1.I. The van der Waals surface area contributed by atoms with E-state index >= 15 is 0 Å². The first kappa shape index (κ1) is 22.0. The first-order valence-corrected chi connectivity index (χ1v) is 10.3. The molecule has 8 heteroatoms. The van der Waals surface area contributed by atoms with Crippen LogP contribution in [0.15, 0.2) is 29.3 Å². The van der Waals surface area contributed by atoms with E-state index in [2.05, 4.69) is 15.6 Å². The third kappa shape index (κ3) is 7.81. The zero-order chi connectivity index (χ0) is 17.4.